The van der Waals surface area contributed by atoms with Gasteiger partial charge in [0.15, 0.2) is 0 Å². The molecular weight excluding hydrogens is 404 g/mol. The molecule has 2 N–H and O–H groups in total. The van der Waals surface area contributed by atoms with Gasteiger partial charge in [-0.25, -0.2) is 0 Å². The van der Waals surface area contributed by atoms with Crippen molar-refractivity contribution in [1.29, 1.82) is 0 Å². The van der Waals surface area contributed by atoms with Gasteiger partial charge in [-0.2, -0.15) is 8.42 Å². The summed E-state index contributed by atoms with van der Waals surface area (Å²) in [5, 5.41) is 19.7. The summed E-state index contributed by atoms with van der Waals surface area (Å²) in [5.41, 5.74) is 0.703. The molecule has 3 aromatic rings. The summed E-state index contributed by atoms with van der Waals surface area (Å²) in [7, 11) is -4.53. The molecule has 9 heteroatoms. The SMILES string of the molecule is Cc1cc(N=Nc2c(O)ccc3ccccc23)c(S(=O)(=O)O)cc1Cl.[Ca]. The summed E-state index contributed by atoms with van der Waals surface area (Å²) in [5.74, 6) is -0.0958. The maximum Gasteiger partial charge on any atom is 0.296 e. The van der Waals surface area contributed by atoms with E-state index in [4.69, 9.17) is 11.6 Å². The van der Waals surface area contributed by atoms with Crippen molar-refractivity contribution in [2.24, 2.45) is 10.2 Å². The molecule has 0 aliphatic rings. The number of fused-ring (bicyclic) bond motifs is 1. The molecule has 0 amide bonds. The summed E-state index contributed by atoms with van der Waals surface area (Å²) in [6.45, 7) is 1.67. The minimum absolute atomic E-state index is 0. The van der Waals surface area contributed by atoms with Crippen molar-refractivity contribution in [2.45, 2.75) is 11.8 Å². The third-order valence-corrected chi connectivity index (χ3v) is 4.95. The molecule has 0 aliphatic heterocycles. The van der Waals surface area contributed by atoms with Gasteiger partial charge in [-0.15, -0.1) is 10.2 Å². The Hall–Kier alpha value is -1.22. The summed E-state index contributed by atoms with van der Waals surface area (Å²) >= 11 is 5.92. The Kier molecular flexibility index (Phi) is 6.65. The maximum atomic E-state index is 11.6. The van der Waals surface area contributed by atoms with Gasteiger partial charge in [0, 0.05) is 48.1 Å². The van der Waals surface area contributed by atoms with Crippen LogP contribution < -0.4 is 0 Å². The molecule has 0 saturated heterocycles. The molecule has 3 rings (SSSR count). The standard InChI is InChI=1S/C17H13ClN2O4S.Ca/c1-10-8-14(16(9-13(10)18)25(22,23)24)19-20-17-12-5-3-2-4-11(12)6-7-15(17)21;/h2-9,21H,1H3,(H,22,23,24);. The molecule has 2 radical (unpaired) electrons. The van der Waals surface area contributed by atoms with E-state index in [0.29, 0.717) is 10.9 Å². The molecule has 0 fully saturated rings. The molecule has 0 spiro atoms. The summed E-state index contributed by atoms with van der Waals surface area (Å²) in [6.07, 6.45) is 0. The molecule has 0 atom stereocenters. The number of benzene rings is 3. The van der Waals surface area contributed by atoms with Crippen LogP contribution in [0.4, 0.5) is 11.4 Å². The molecule has 0 unspecified atom stereocenters. The Morgan fingerprint density at radius 1 is 1.04 bits per heavy atom. The van der Waals surface area contributed by atoms with Gasteiger partial charge in [0.1, 0.15) is 22.0 Å². The molecule has 0 saturated carbocycles. The summed E-state index contributed by atoms with van der Waals surface area (Å²) in [6, 6.07) is 13.0. The second kappa shape index (κ2) is 8.21. The van der Waals surface area contributed by atoms with Crippen LogP contribution in [0.2, 0.25) is 5.02 Å². The average molecular weight is 417 g/mol. The van der Waals surface area contributed by atoms with E-state index in [9.17, 15) is 18.1 Å². The minimum atomic E-state index is -4.53. The number of phenols is 1. The number of hydrogen-bond acceptors (Lipinski definition) is 5. The topological polar surface area (TPSA) is 99.3 Å². The predicted octanol–water partition coefficient (Wildman–Crippen LogP) is 4.79. The molecule has 6 nitrogen and oxygen atoms in total. The van der Waals surface area contributed by atoms with E-state index in [1.807, 2.05) is 12.1 Å². The smallest absolute Gasteiger partial charge is 0.296 e. The van der Waals surface area contributed by atoms with Gasteiger partial charge in [0.05, 0.1) is 0 Å². The summed E-state index contributed by atoms with van der Waals surface area (Å²) < 4.78 is 32.5. The van der Waals surface area contributed by atoms with Crippen LogP contribution in [-0.2, 0) is 10.1 Å². The van der Waals surface area contributed by atoms with Crippen LogP contribution in [0, 0.1) is 6.92 Å². The van der Waals surface area contributed by atoms with E-state index in [1.165, 1.54) is 12.1 Å². The number of phenolic OH excluding ortho intramolecular Hbond substituents is 1. The van der Waals surface area contributed by atoms with Crippen LogP contribution >= 0.6 is 11.6 Å². The second-order valence-electron chi connectivity index (χ2n) is 5.40. The van der Waals surface area contributed by atoms with Gasteiger partial charge in [-0.3, -0.25) is 4.55 Å². The number of aryl methyl sites for hydroxylation is 1. The first-order valence-electron chi connectivity index (χ1n) is 7.17. The van der Waals surface area contributed by atoms with Gasteiger partial charge in [-0.1, -0.05) is 41.9 Å². The van der Waals surface area contributed by atoms with E-state index in [1.54, 1.807) is 25.1 Å². The van der Waals surface area contributed by atoms with Crippen molar-refractivity contribution in [3.05, 3.63) is 59.1 Å². The molecule has 130 valence electrons. The fraction of sp³-hybridized carbons (Fsp3) is 0.0588. The molecule has 0 bridgehead atoms. The van der Waals surface area contributed by atoms with Gasteiger partial charge in [0.2, 0.25) is 0 Å². The van der Waals surface area contributed by atoms with Gasteiger partial charge < -0.3 is 5.11 Å². The number of rotatable bonds is 3. The fourth-order valence-corrected chi connectivity index (χ4v) is 3.24. The van der Waals surface area contributed by atoms with Crippen molar-refractivity contribution < 1.29 is 18.1 Å². The van der Waals surface area contributed by atoms with Crippen molar-refractivity contribution in [2.75, 3.05) is 0 Å². The summed E-state index contributed by atoms with van der Waals surface area (Å²) in [4.78, 5) is -0.452. The first-order valence-corrected chi connectivity index (χ1v) is 8.99. The molecule has 0 aliphatic carbocycles. The van der Waals surface area contributed by atoms with E-state index < -0.39 is 15.0 Å². The third-order valence-electron chi connectivity index (χ3n) is 3.66. The predicted molar refractivity (Wildman–Crippen MR) is 102 cm³/mol. The Morgan fingerprint density at radius 3 is 2.42 bits per heavy atom. The van der Waals surface area contributed by atoms with Crippen molar-refractivity contribution in [1.82, 2.24) is 0 Å². The Labute approximate surface area is 185 Å². The van der Waals surface area contributed by atoms with E-state index in [-0.39, 0.29) is 59.9 Å². The minimum Gasteiger partial charge on any atom is -0.506 e. The van der Waals surface area contributed by atoms with Crippen LogP contribution in [-0.4, -0.2) is 55.8 Å². The van der Waals surface area contributed by atoms with Gasteiger partial charge in [-0.05, 0) is 36.1 Å². The molecule has 0 heterocycles. The van der Waals surface area contributed by atoms with Crippen molar-refractivity contribution in [3.63, 3.8) is 0 Å². The van der Waals surface area contributed by atoms with Crippen LogP contribution in [0.15, 0.2) is 63.7 Å². The monoisotopic (exact) mass is 416 g/mol. The molecule has 3 aromatic carbocycles. The quantitative estimate of drug-likeness (QED) is 0.364. The van der Waals surface area contributed by atoms with Crippen LogP contribution in [0.3, 0.4) is 0 Å². The number of hydrogen-bond donors (Lipinski definition) is 2. The largest absolute Gasteiger partial charge is 0.506 e. The fourth-order valence-electron chi connectivity index (χ4n) is 2.39. The number of halogens is 1. The Bertz CT molecular complexity index is 1120. The molecule has 0 aromatic heterocycles. The maximum absolute atomic E-state index is 11.6. The van der Waals surface area contributed by atoms with Crippen LogP contribution in [0.5, 0.6) is 5.75 Å². The van der Waals surface area contributed by atoms with Crippen LogP contribution in [0.1, 0.15) is 5.56 Å². The first-order chi connectivity index (χ1) is 11.8. The number of azo groups is 1. The van der Waals surface area contributed by atoms with E-state index >= 15 is 0 Å². The molecule has 26 heavy (non-hydrogen) atoms. The second-order valence-corrected chi connectivity index (χ2v) is 7.20. The number of nitrogens with zero attached hydrogens (tertiary/aromatic N) is 2. The van der Waals surface area contributed by atoms with E-state index in [2.05, 4.69) is 10.2 Å². The normalized spacial score (nSPS) is 11.7. The zero-order chi connectivity index (χ0) is 18.2. The zero-order valence-corrected chi connectivity index (χ0v) is 17.5. The van der Waals surface area contributed by atoms with Crippen molar-refractivity contribution in [3.8, 4) is 5.75 Å². The average Bonchev–Trinajstić information content (AvgIpc) is 2.55. The van der Waals surface area contributed by atoms with E-state index in [0.717, 1.165) is 11.5 Å². The number of aromatic hydroxyl groups is 1. The van der Waals surface area contributed by atoms with Crippen LogP contribution in [0.25, 0.3) is 10.8 Å². The Morgan fingerprint density at radius 2 is 1.73 bits per heavy atom. The Balaban J connectivity index is 0.00000243. The first kappa shape index (κ1) is 21.1. The zero-order valence-electron chi connectivity index (χ0n) is 13.7. The van der Waals surface area contributed by atoms with Gasteiger partial charge >= 0.3 is 0 Å². The van der Waals surface area contributed by atoms with Gasteiger partial charge in [0.25, 0.3) is 10.1 Å². The molecular formula is C17H13CaClN2O4S. The third kappa shape index (κ3) is 4.36. The van der Waals surface area contributed by atoms with Crippen molar-refractivity contribution >= 4 is 81.6 Å².